The fourth-order valence-electron chi connectivity index (χ4n) is 2.63. The van der Waals surface area contributed by atoms with Gasteiger partial charge in [-0.1, -0.05) is 31.4 Å². The molecule has 114 valence electrons. The summed E-state index contributed by atoms with van der Waals surface area (Å²) in [6.45, 7) is 2.99. The van der Waals surface area contributed by atoms with Crippen LogP contribution >= 0.6 is 0 Å². The molecule has 21 heavy (non-hydrogen) atoms. The van der Waals surface area contributed by atoms with Crippen LogP contribution in [0.4, 0.5) is 0 Å². The molecule has 1 aromatic rings. The van der Waals surface area contributed by atoms with Crippen LogP contribution in [0.25, 0.3) is 6.08 Å². The molecule has 3 nitrogen and oxygen atoms in total. The standard InChI is InChI=1S/C18H24O3/c1-2-20-18(19)12-11-15-9-6-10-17(13-15)21-14-16-7-4-3-5-8-16/h6,9-13,16H,2-5,7-8,14H2,1H3. The van der Waals surface area contributed by atoms with Gasteiger partial charge in [-0.3, -0.25) is 0 Å². The Morgan fingerprint density at radius 2 is 2.10 bits per heavy atom. The maximum atomic E-state index is 11.3. The summed E-state index contributed by atoms with van der Waals surface area (Å²) in [4.78, 5) is 11.3. The maximum Gasteiger partial charge on any atom is 0.330 e. The molecule has 0 aromatic heterocycles. The topological polar surface area (TPSA) is 35.5 Å². The molecule has 3 heteroatoms. The van der Waals surface area contributed by atoms with Gasteiger partial charge in [0, 0.05) is 6.08 Å². The molecular formula is C18H24O3. The van der Waals surface area contributed by atoms with Crippen molar-refractivity contribution in [1.82, 2.24) is 0 Å². The summed E-state index contributed by atoms with van der Waals surface area (Å²) in [5, 5.41) is 0. The van der Waals surface area contributed by atoms with Gasteiger partial charge >= 0.3 is 5.97 Å². The van der Waals surface area contributed by atoms with E-state index in [-0.39, 0.29) is 5.97 Å². The average Bonchev–Trinajstić information content (AvgIpc) is 2.53. The molecule has 0 amide bonds. The van der Waals surface area contributed by atoms with Crippen molar-refractivity contribution in [3.05, 3.63) is 35.9 Å². The summed E-state index contributed by atoms with van der Waals surface area (Å²) in [5.41, 5.74) is 0.948. The molecule has 1 fully saturated rings. The Hall–Kier alpha value is -1.77. The van der Waals surface area contributed by atoms with Gasteiger partial charge in [0.25, 0.3) is 0 Å². The van der Waals surface area contributed by atoms with E-state index in [9.17, 15) is 4.79 Å². The SMILES string of the molecule is CCOC(=O)C=Cc1cccc(OCC2CCCCC2)c1. The van der Waals surface area contributed by atoms with E-state index in [1.165, 1.54) is 38.2 Å². The first-order valence-corrected chi connectivity index (χ1v) is 7.85. The van der Waals surface area contributed by atoms with E-state index in [1.807, 2.05) is 24.3 Å². The summed E-state index contributed by atoms with van der Waals surface area (Å²) in [6, 6.07) is 7.81. The van der Waals surface area contributed by atoms with E-state index in [4.69, 9.17) is 9.47 Å². The van der Waals surface area contributed by atoms with Gasteiger partial charge in [-0.2, -0.15) is 0 Å². The first-order valence-electron chi connectivity index (χ1n) is 7.85. The smallest absolute Gasteiger partial charge is 0.330 e. The third-order valence-electron chi connectivity index (χ3n) is 3.77. The number of benzene rings is 1. The van der Waals surface area contributed by atoms with E-state index in [1.54, 1.807) is 13.0 Å². The molecule has 1 saturated carbocycles. The second kappa shape index (κ2) is 8.50. The Labute approximate surface area is 127 Å². The number of carbonyl (C=O) groups excluding carboxylic acids is 1. The van der Waals surface area contributed by atoms with Crippen molar-refractivity contribution in [2.24, 2.45) is 5.92 Å². The van der Waals surface area contributed by atoms with Gasteiger partial charge < -0.3 is 9.47 Å². The van der Waals surface area contributed by atoms with Crippen LogP contribution in [0.3, 0.4) is 0 Å². The van der Waals surface area contributed by atoms with Crippen LogP contribution in [0.5, 0.6) is 5.75 Å². The second-order valence-electron chi connectivity index (χ2n) is 5.47. The predicted octanol–water partition coefficient (Wildman–Crippen LogP) is 4.22. The molecule has 0 unspecified atom stereocenters. The van der Waals surface area contributed by atoms with Gasteiger partial charge in [0.05, 0.1) is 13.2 Å². The Kier molecular flexibility index (Phi) is 6.32. The van der Waals surface area contributed by atoms with Crippen LogP contribution in [0.1, 0.15) is 44.6 Å². The van der Waals surface area contributed by atoms with E-state index in [0.717, 1.165) is 17.9 Å². The third-order valence-corrected chi connectivity index (χ3v) is 3.77. The van der Waals surface area contributed by atoms with E-state index in [2.05, 4.69) is 0 Å². The normalized spacial score (nSPS) is 16.0. The molecule has 2 rings (SSSR count). The zero-order valence-corrected chi connectivity index (χ0v) is 12.7. The van der Waals surface area contributed by atoms with E-state index >= 15 is 0 Å². The molecule has 0 bridgehead atoms. The van der Waals surface area contributed by atoms with Crippen LogP contribution in [0, 0.1) is 5.92 Å². The molecule has 1 aliphatic rings. The highest BCUT2D eigenvalue weighted by molar-refractivity contribution is 5.87. The number of carbonyl (C=O) groups is 1. The first kappa shape index (κ1) is 15.6. The molecular weight excluding hydrogens is 264 g/mol. The predicted molar refractivity (Wildman–Crippen MR) is 84.2 cm³/mol. The van der Waals surface area contributed by atoms with Crippen molar-refractivity contribution in [3.63, 3.8) is 0 Å². The lowest BCUT2D eigenvalue weighted by Gasteiger charge is -2.21. The minimum atomic E-state index is -0.314. The van der Waals surface area contributed by atoms with Crippen molar-refractivity contribution in [3.8, 4) is 5.75 Å². The summed E-state index contributed by atoms with van der Waals surface area (Å²) in [5.74, 6) is 1.25. The molecule has 0 atom stereocenters. The maximum absolute atomic E-state index is 11.3. The van der Waals surface area contributed by atoms with Gasteiger partial charge in [0.1, 0.15) is 5.75 Å². The Balaban J connectivity index is 1.86. The van der Waals surface area contributed by atoms with Crippen molar-refractivity contribution in [2.45, 2.75) is 39.0 Å². The first-order chi connectivity index (χ1) is 10.3. The van der Waals surface area contributed by atoms with E-state index < -0.39 is 0 Å². The lowest BCUT2D eigenvalue weighted by atomic mass is 9.90. The van der Waals surface area contributed by atoms with Crippen LogP contribution in [0.15, 0.2) is 30.3 Å². The minimum Gasteiger partial charge on any atom is -0.493 e. The zero-order valence-electron chi connectivity index (χ0n) is 12.7. The van der Waals surface area contributed by atoms with Gasteiger partial charge in [-0.05, 0) is 49.5 Å². The van der Waals surface area contributed by atoms with E-state index in [0.29, 0.717) is 12.5 Å². The minimum absolute atomic E-state index is 0.314. The Bertz CT molecular complexity index is 473. The number of hydrogen-bond donors (Lipinski definition) is 0. The van der Waals surface area contributed by atoms with Crippen molar-refractivity contribution in [2.75, 3.05) is 13.2 Å². The zero-order chi connectivity index (χ0) is 14.9. The highest BCUT2D eigenvalue weighted by Gasteiger charge is 2.13. The summed E-state index contributed by atoms with van der Waals surface area (Å²) >= 11 is 0. The number of ether oxygens (including phenoxy) is 2. The van der Waals surface area contributed by atoms with Crippen LogP contribution in [0.2, 0.25) is 0 Å². The molecule has 0 N–H and O–H groups in total. The number of rotatable bonds is 6. The van der Waals surface area contributed by atoms with Crippen LogP contribution in [-0.2, 0) is 9.53 Å². The highest BCUT2D eigenvalue weighted by Crippen LogP contribution is 2.25. The molecule has 0 heterocycles. The Morgan fingerprint density at radius 3 is 2.86 bits per heavy atom. The largest absolute Gasteiger partial charge is 0.493 e. The van der Waals surface area contributed by atoms with Gasteiger partial charge in [0.2, 0.25) is 0 Å². The van der Waals surface area contributed by atoms with Crippen molar-refractivity contribution in [1.29, 1.82) is 0 Å². The summed E-state index contributed by atoms with van der Waals surface area (Å²) < 4.78 is 10.8. The fourth-order valence-corrected chi connectivity index (χ4v) is 2.63. The molecule has 0 radical (unpaired) electrons. The van der Waals surface area contributed by atoms with Crippen molar-refractivity contribution < 1.29 is 14.3 Å². The second-order valence-corrected chi connectivity index (χ2v) is 5.47. The highest BCUT2D eigenvalue weighted by atomic mass is 16.5. The van der Waals surface area contributed by atoms with Crippen LogP contribution in [-0.4, -0.2) is 19.2 Å². The Morgan fingerprint density at radius 1 is 1.29 bits per heavy atom. The fraction of sp³-hybridized carbons (Fsp3) is 0.500. The van der Waals surface area contributed by atoms with Gasteiger partial charge in [0.15, 0.2) is 0 Å². The number of esters is 1. The van der Waals surface area contributed by atoms with Crippen LogP contribution < -0.4 is 4.74 Å². The average molecular weight is 288 g/mol. The molecule has 1 aliphatic carbocycles. The quantitative estimate of drug-likeness (QED) is 0.580. The van der Waals surface area contributed by atoms with Gasteiger partial charge in [-0.25, -0.2) is 4.79 Å². The monoisotopic (exact) mass is 288 g/mol. The van der Waals surface area contributed by atoms with Gasteiger partial charge in [-0.15, -0.1) is 0 Å². The molecule has 0 aliphatic heterocycles. The lowest BCUT2D eigenvalue weighted by Crippen LogP contribution is -2.15. The third kappa shape index (κ3) is 5.62. The molecule has 0 spiro atoms. The molecule has 1 aromatic carbocycles. The summed E-state index contributed by atoms with van der Waals surface area (Å²) in [6.07, 6.45) is 9.79. The van der Waals surface area contributed by atoms with Crippen molar-refractivity contribution >= 4 is 12.0 Å². The summed E-state index contributed by atoms with van der Waals surface area (Å²) in [7, 11) is 0. The number of hydrogen-bond acceptors (Lipinski definition) is 3. The lowest BCUT2D eigenvalue weighted by molar-refractivity contribution is -0.137. The molecule has 0 saturated heterocycles.